The molecule has 1 atom stereocenters. The number of methoxy groups -OCH3 is 1. The second kappa shape index (κ2) is 8.44. The summed E-state index contributed by atoms with van der Waals surface area (Å²) in [6, 6.07) is 13.7. The van der Waals surface area contributed by atoms with Crippen molar-refractivity contribution in [3.8, 4) is 0 Å². The maximum atomic E-state index is 12.3. The van der Waals surface area contributed by atoms with Crippen LogP contribution in [0.1, 0.15) is 27.6 Å². The fourth-order valence-corrected chi connectivity index (χ4v) is 3.45. The molecular formula is C19H24N2O4S. The Balaban J connectivity index is 2.07. The van der Waals surface area contributed by atoms with Crippen LogP contribution in [0.4, 0.5) is 0 Å². The van der Waals surface area contributed by atoms with Crippen LogP contribution in [0.15, 0.2) is 53.4 Å². The molecular weight excluding hydrogens is 352 g/mol. The topological polar surface area (TPSA) is 75.7 Å². The maximum Gasteiger partial charge on any atom is 0.251 e. The number of sulfonamides is 1. The van der Waals surface area contributed by atoms with E-state index in [-0.39, 0.29) is 16.9 Å². The van der Waals surface area contributed by atoms with Gasteiger partial charge in [-0.3, -0.25) is 4.79 Å². The lowest BCUT2D eigenvalue weighted by atomic mass is 10.0. The molecule has 140 valence electrons. The molecule has 0 aromatic heterocycles. The van der Waals surface area contributed by atoms with E-state index in [0.29, 0.717) is 12.1 Å². The second-order valence-electron chi connectivity index (χ2n) is 6.10. The van der Waals surface area contributed by atoms with Crippen LogP contribution >= 0.6 is 0 Å². The highest BCUT2D eigenvalue weighted by atomic mass is 32.2. The van der Waals surface area contributed by atoms with E-state index in [1.165, 1.54) is 38.4 Å². The van der Waals surface area contributed by atoms with Crippen LogP contribution in [0.25, 0.3) is 0 Å². The zero-order valence-corrected chi connectivity index (χ0v) is 16.2. The van der Waals surface area contributed by atoms with Crippen molar-refractivity contribution in [1.82, 2.24) is 9.62 Å². The van der Waals surface area contributed by atoms with Crippen molar-refractivity contribution in [2.45, 2.75) is 17.9 Å². The Kier molecular flexibility index (Phi) is 6.52. The quantitative estimate of drug-likeness (QED) is 0.805. The van der Waals surface area contributed by atoms with Crippen LogP contribution in [0.2, 0.25) is 0 Å². The Bertz CT molecular complexity index is 861. The van der Waals surface area contributed by atoms with Gasteiger partial charge in [0.1, 0.15) is 0 Å². The zero-order valence-electron chi connectivity index (χ0n) is 15.4. The van der Waals surface area contributed by atoms with Gasteiger partial charge in [0, 0.05) is 33.3 Å². The van der Waals surface area contributed by atoms with E-state index >= 15 is 0 Å². The summed E-state index contributed by atoms with van der Waals surface area (Å²) in [5, 5.41) is 2.83. The van der Waals surface area contributed by atoms with Crippen LogP contribution in [-0.4, -0.2) is 46.4 Å². The van der Waals surface area contributed by atoms with Crippen LogP contribution in [0.5, 0.6) is 0 Å². The minimum absolute atomic E-state index is 0.147. The molecule has 2 aromatic rings. The zero-order chi connectivity index (χ0) is 19.3. The first-order chi connectivity index (χ1) is 12.3. The summed E-state index contributed by atoms with van der Waals surface area (Å²) < 4.78 is 30.8. The van der Waals surface area contributed by atoms with E-state index in [1.807, 2.05) is 31.2 Å². The number of carbonyl (C=O) groups excluding carboxylic acids is 1. The molecule has 0 aliphatic rings. The third-order valence-electron chi connectivity index (χ3n) is 4.16. The van der Waals surface area contributed by atoms with Crippen LogP contribution in [0.3, 0.4) is 0 Å². The largest absolute Gasteiger partial charge is 0.375 e. The number of ether oxygens (including phenoxy) is 1. The van der Waals surface area contributed by atoms with E-state index in [0.717, 1.165) is 15.4 Å². The van der Waals surface area contributed by atoms with Gasteiger partial charge in [0.15, 0.2) is 0 Å². The van der Waals surface area contributed by atoms with Crippen molar-refractivity contribution in [2.24, 2.45) is 0 Å². The molecule has 7 heteroatoms. The predicted octanol–water partition coefficient (Wildman–Crippen LogP) is 2.36. The SMILES string of the molecule is CO[C@@H](CNC(=O)c1ccc(S(=O)(=O)N(C)C)cc1)c1ccccc1C. The fraction of sp³-hybridized carbons (Fsp3) is 0.316. The minimum atomic E-state index is -3.51. The van der Waals surface area contributed by atoms with Gasteiger partial charge >= 0.3 is 0 Å². The Hall–Kier alpha value is -2.22. The number of nitrogens with zero attached hydrogens (tertiary/aromatic N) is 1. The highest BCUT2D eigenvalue weighted by Gasteiger charge is 2.18. The molecule has 26 heavy (non-hydrogen) atoms. The molecule has 0 aliphatic heterocycles. The molecule has 0 aliphatic carbocycles. The van der Waals surface area contributed by atoms with Gasteiger partial charge in [0.25, 0.3) is 5.91 Å². The number of nitrogens with one attached hydrogen (secondary N) is 1. The van der Waals surface area contributed by atoms with E-state index in [9.17, 15) is 13.2 Å². The molecule has 2 aromatic carbocycles. The van der Waals surface area contributed by atoms with Crippen LogP contribution in [0, 0.1) is 6.92 Å². The molecule has 2 rings (SSSR count). The monoisotopic (exact) mass is 376 g/mol. The fourth-order valence-electron chi connectivity index (χ4n) is 2.54. The van der Waals surface area contributed by atoms with Gasteiger partial charge < -0.3 is 10.1 Å². The van der Waals surface area contributed by atoms with Gasteiger partial charge in [-0.1, -0.05) is 24.3 Å². The number of carbonyl (C=O) groups is 1. The first-order valence-corrected chi connectivity index (χ1v) is 9.60. The van der Waals surface area contributed by atoms with Crippen molar-refractivity contribution in [3.05, 3.63) is 65.2 Å². The molecule has 1 amide bonds. The third-order valence-corrected chi connectivity index (χ3v) is 5.99. The summed E-state index contributed by atoms with van der Waals surface area (Å²) in [4.78, 5) is 12.5. The number of hydrogen-bond acceptors (Lipinski definition) is 4. The molecule has 1 N–H and O–H groups in total. The number of rotatable bonds is 7. The lowest BCUT2D eigenvalue weighted by Gasteiger charge is -2.18. The highest BCUT2D eigenvalue weighted by Crippen LogP contribution is 2.20. The number of benzene rings is 2. The van der Waals surface area contributed by atoms with E-state index < -0.39 is 10.0 Å². The van der Waals surface area contributed by atoms with Gasteiger partial charge in [-0.15, -0.1) is 0 Å². The average molecular weight is 376 g/mol. The van der Waals surface area contributed by atoms with Crippen LogP contribution < -0.4 is 5.32 Å². The van der Waals surface area contributed by atoms with E-state index in [2.05, 4.69) is 5.32 Å². The summed E-state index contributed by atoms with van der Waals surface area (Å²) in [7, 11) is 1.02. The normalized spacial score (nSPS) is 12.8. The smallest absolute Gasteiger partial charge is 0.251 e. The molecule has 0 fully saturated rings. The second-order valence-corrected chi connectivity index (χ2v) is 8.25. The molecule has 6 nitrogen and oxygen atoms in total. The standard InChI is InChI=1S/C19H24N2O4S/c1-14-7-5-6-8-17(14)18(25-4)13-20-19(22)15-9-11-16(12-10-15)26(23,24)21(2)3/h5-12,18H,13H2,1-4H3,(H,20,22)/t18-/m0/s1. The average Bonchev–Trinajstić information content (AvgIpc) is 2.63. The Morgan fingerprint density at radius 2 is 1.73 bits per heavy atom. The first-order valence-electron chi connectivity index (χ1n) is 8.16. The molecule has 0 saturated heterocycles. The summed E-state index contributed by atoms with van der Waals surface area (Å²) in [6.07, 6.45) is -0.256. The predicted molar refractivity (Wildman–Crippen MR) is 101 cm³/mol. The minimum Gasteiger partial charge on any atom is -0.375 e. The van der Waals surface area contributed by atoms with Gasteiger partial charge in [0.2, 0.25) is 10.0 Å². The maximum absolute atomic E-state index is 12.3. The van der Waals surface area contributed by atoms with Crippen molar-refractivity contribution < 1.29 is 17.9 Å². The van der Waals surface area contributed by atoms with Gasteiger partial charge in [0.05, 0.1) is 11.0 Å². The molecule has 0 unspecified atom stereocenters. The Morgan fingerprint density at radius 1 is 1.12 bits per heavy atom. The third kappa shape index (κ3) is 4.49. The molecule has 0 heterocycles. The van der Waals surface area contributed by atoms with Gasteiger partial charge in [-0.25, -0.2) is 12.7 Å². The van der Waals surface area contributed by atoms with E-state index in [1.54, 1.807) is 7.11 Å². The van der Waals surface area contributed by atoms with E-state index in [4.69, 9.17) is 4.74 Å². The van der Waals surface area contributed by atoms with Crippen molar-refractivity contribution in [1.29, 1.82) is 0 Å². The summed E-state index contributed by atoms with van der Waals surface area (Å²) in [6.45, 7) is 2.31. The molecule has 0 spiro atoms. The van der Waals surface area contributed by atoms with Crippen LogP contribution in [-0.2, 0) is 14.8 Å². The van der Waals surface area contributed by atoms with Gasteiger partial charge in [-0.2, -0.15) is 0 Å². The van der Waals surface area contributed by atoms with Crippen molar-refractivity contribution >= 4 is 15.9 Å². The molecule has 0 saturated carbocycles. The molecule has 0 bridgehead atoms. The van der Waals surface area contributed by atoms with Gasteiger partial charge in [-0.05, 0) is 42.3 Å². The summed E-state index contributed by atoms with van der Waals surface area (Å²) >= 11 is 0. The number of hydrogen-bond donors (Lipinski definition) is 1. The Labute approximate surface area is 154 Å². The lowest BCUT2D eigenvalue weighted by molar-refractivity contribution is 0.0826. The van der Waals surface area contributed by atoms with Crippen molar-refractivity contribution in [2.75, 3.05) is 27.7 Å². The Morgan fingerprint density at radius 3 is 2.27 bits per heavy atom. The lowest BCUT2D eigenvalue weighted by Crippen LogP contribution is -2.29. The number of aryl methyl sites for hydroxylation is 1. The highest BCUT2D eigenvalue weighted by molar-refractivity contribution is 7.89. The molecule has 0 radical (unpaired) electrons. The summed E-state index contributed by atoms with van der Waals surface area (Å²) in [5.74, 6) is -0.283. The van der Waals surface area contributed by atoms with Crippen molar-refractivity contribution in [3.63, 3.8) is 0 Å². The summed E-state index contributed by atoms with van der Waals surface area (Å²) in [5.41, 5.74) is 2.50. The number of amides is 1. The first kappa shape index (κ1) is 20.1.